The number of hydrogen-bond acceptors (Lipinski definition) is 4. The molecule has 1 N–H and O–H groups in total. The Morgan fingerprint density at radius 1 is 1.32 bits per heavy atom. The van der Waals surface area contributed by atoms with Crippen LogP contribution in [0.2, 0.25) is 0 Å². The fourth-order valence-electron chi connectivity index (χ4n) is 2.66. The van der Waals surface area contributed by atoms with Crippen LogP contribution in [0.4, 0.5) is 5.69 Å². The minimum Gasteiger partial charge on any atom is -0.325 e. The lowest BCUT2D eigenvalue weighted by atomic mass is 10.1. The first-order valence-electron chi connectivity index (χ1n) is 7.30. The molecule has 0 unspecified atom stereocenters. The van der Waals surface area contributed by atoms with Gasteiger partial charge < -0.3 is 5.32 Å². The van der Waals surface area contributed by atoms with E-state index in [1.165, 1.54) is 17.4 Å². The van der Waals surface area contributed by atoms with Gasteiger partial charge >= 0.3 is 0 Å². The molecule has 1 aromatic heterocycles. The van der Waals surface area contributed by atoms with E-state index < -0.39 is 0 Å². The number of carbonyl (C=O) groups excluding carboxylic acids is 2. The highest BCUT2D eigenvalue weighted by atomic mass is 32.1. The van der Waals surface area contributed by atoms with Crippen molar-refractivity contribution in [2.45, 2.75) is 19.9 Å². The molecule has 2 aromatic rings. The van der Waals surface area contributed by atoms with Crippen LogP contribution in [0.1, 0.15) is 27.7 Å². The quantitative estimate of drug-likeness (QED) is 0.883. The SMILES string of the molecule is CC(=O)c1cccc(NC(=O)CN2CCc3sccc3C2)c1. The number of benzene rings is 1. The Morgan fingerprint density at radius 3 is 3.00 bits per heavy atom. The molecule has 114 valence electrons. The van der Waals surface area contributed by atoms with Crippen LogP contribution in [0, 0.1) is 0 Å². The summed E-state index contributed by atoms with van der Waals surface area (Å²) in [6.45, 7) is 3.64. The Bertz CT molecular complexity index is 708. The second kappa shape index (κ2) is 6.42. The van der Waals surface area contributed by atoms with Crippen LogP contribution in [-0.4, -0.2) is 29.7 Å². The Morgan fingerprint density at radius 2 is 2.18 bits per heavy atom. The summed E-state index contributed by atoms with van der Waals surface area (Å²) < 4.78 is 0. The summed E-state index contributed by atoms with van der Waals surface area (Å²) in [5, 5.41) is 4.98. The molecule has 1 aromatic carbocycles. The number of Topliss-reactive ketones (excluding diaryl/α,β-unsaturated/α-hetero) is 1. The Kier molecular flexibility index (Phi) is 4.36. The Hall–Kier alpha value is -1.98. The van der Waals surface area contributed by atoms with Crippen molar-refractivity contribution in [2.75, 3.05) is 18.4 Å². The molecule has 1 amide bonds. The van der Waals surface area contributed by atoms with Crippen molar-refractivity contribution in [1.29, 1.82) is 0 Å². The van der Waals surface area contributed by atoms with E-state index in [1.807, 2.05) is 0 Å². The number of amides is 1. The van der Waals surface area contributed by atoms with Crippen molar-refractivity contribution < 1.29 is 9.59 Å². The van der Waals surface area contributed by atoms with Gasteiger partial charge in [-0.2, -0.15) is 0 Å². The average molecular weight is 314 g/mol. The van der Waals surface area contributed by atoms with Gasteiger partial charge in [0.05, 0.1) is 6.54 Å². The van der Waals surface area contributed by atoms with E-state index in [4.69, 9.17) is 0 Å². The number of hydrogen-bond donors (Lipinski definition) is 1. The number of anilines is 1. The van der Waals surface area contributed by atoms with E-state index in [-0.39, 0.29) is 11.7 Å². The number of fused-ring (bicyclic) bond motifs is 1. The Balaban J connectivity index is 1.59. The summed E-state index contributed by atoms with van der Waals surface area (Å²) in [5.74, 6) is -0.0449. The average Bonchev–Trinajstić information content (AvgIpc) is 2.95. The zero-order valence-electron chi connectivity index (χ0n) is 12.5. The number of nitrogens with zero attached hydrogens (tertiary/aromatic N) is 1. The lowest BCUT2D eigenvalue weighted by Gasteiger charge is -2.26. The minimum atomic E-state index is -0.0422. The fraction of sp³-hybridized carbons (Fsp3) is 0.294. The third-order valence-electron chi connectivity index (χ3n) is 3.81. The van der Waals surface area contributed by atoms with Crippen molar-refractivity contribution in [1.82, 2.24) is 4.90 Å². The van der Waals surface area contributed by atoms with Crippen LogP contribution in [0.3, 0.4) is 0 Å². The lowest BCUT2D eigenvalue weighted by molar-refractivity contribution is -0.117. The summed E-state index contributed by atoms with van der Waals surface area (Å²) in [5.41, 5.74) is 2.62. The zero-order chi connectivity index (χ0) is 15.5. The standard InChI is InChI=1S/C17H18N2O2S/c1-12(20)13-3-2-4-15(9-13)18-17(21)11-19-7-5-16-14(10-19)6-8-22-16/h2-4,6,8-9H,5,7,10-11H2,1H3,(H,18,21). The first kappa shape index (κ1) is 14.9. The molecule has 0 radical (unpaired) electrons. The minimum absolute atomic E-state index is 0.00267. The molecular weight excluding hydrogens is 296 g/mol. The highest BCUT2D eigenvalue weighted by Crippen LogP contribution is 2.23. The van der Waals surface area contributed by atoms with E-state index in [2.05, 4.69) is 21.7 Å². The molecule has 1 aliphatic heterocycles. The summed E-state index contributed by atoms with van der Waals surface area (Å²) >= 11 is 1.79. The molecule has 2 heterocycles. The summed E-state index contributed by atoms with van der Waals surface area (Å²) in [6.07, 6.45) is 1.01. The van der Waals surface area contributed by atoms with Crippen LogP contribution < -0.4 is 5.32 Å². The molecule has 1 aliphatic rings. The number of nitrogens with one attached hydrogen (secondary N) is 1. The highest BCUT2D eigenvalue weighted by molar-refractivity contribution is 7.10. The number of ketones is 1. The molecule has 3 rings (SSSR count). The van der Waals surface area contributed by atoms with E-state index >= 15 is 0 Å². The van der Waals surface area contributed by atoms with E-state index in [9.17, 15) is 9.59 Å². The van der Waals surface area contributed by atoms with E-state index in [0.29, 0.717) is 17.8 Å². The van der Waals surface area contributed by atoms with Gasteiger partial charge in [-0.3, -0.25) is 14.5 Å². The molecule has 0 saturated carbocycles. The first-order valence-corrected chi connectivity index (χ1v) is 8.18. The van der Waals surface area contributed by atoms with Gasteiger partial charge in [-0.1, -0.05) is 12.1 Å². The molecule has 4 nitrogen and oxygen atoms in total. The summed E-state index contributed by atoms with van der Waals surface area (Å²) in [6, 6.07) is 9.19. The normalized spacial score (nSPS) is 14.4. The fourth-order valence-corrected chi connectivity index (χ4v) is 3.55. The number of carbonyl (C=O) groups is 2. The summed E-state index contributed by atoms with van der Waals surface area (Å²) in [4.78, 5) is 27.1. The third kappa shape index (κ3) is 3.43. The van der Waals surface area contributed by atoms with Gasteiger partial charge in [0.15, 0.2) is 5.78 Å². The molecular formula is C17H18N2O2S. The second-order valence-electron chi connectivity index (χ2n) is 5.51. The maximum absolute atomic E-state index is 12.2. The van der Waals surface area contributed by atoms with Crippen LogP contribution in [0.25, 0.3) is 0 Å². The molecule has 0 atom stereocenters. The molecule has 0 fully saturated rings. The third-order valence-corrected chi connectivity index (χ3v) is 4.83. The predicted molar refractivity (Wildman–Crippen MR) is 88.4 cm³/mol. The van der Waals surface area contributed by atoms with Crippen molar-refractivity contribution in [2.24, 2.45) is 0 Å². The largest absolute Gasteiger partial charge is 0.325 e. The molecule has 0 bridgehead atoms. The summed E-state index contributed by atoms with van der Waals surface area (Å²) in [7, 11) is 0. The molecule has 0 spiro atoms. The molecule has 22 heavy (non-hydrogen) atoms. The van der Waals surface area contributed by atoms with Gasteiger partial charge in [0, 0.05) is 29.2 Å². The topological polar surface area (TPSA) is 49.4 Å². The van der Waals surface area contributed by atoms with Crippen molar-refractivity contribution in [3.63, 3.8) is 0 Å². The monoisotopic (exact) mass is 314 g/mol. The van der Waals surface area contributed by atoms with E-state index in [1.54, 1.807) is 35.6 Å². The zero-order valence-corrected chi connectivity index (χ0v) is 13.3. The van der Waals surface area contributed by atoms with Gasteiger partial charge in [-0.25, -0.2) is 0 Å². The maximum atomic E-state index is 12.2. The lowest BCUT2D eigenvalue weighted by Crippen LogP contribution is -2.36. The van der Waals surface area contributed by atoms with Crippen LogP contribution >= 0.6 is 11.3 Å². The van der Waals surface area contributed by atoms with Crippen LogP contribution in [0.15, 0.2) is 35.7 Å². The maximum Gasteiger partial charge on any atom is 0.238 e. The first-order chi connectivity index (χ1) is 10.6. The van der Waals surface area contributed by atoms with Crippen LogP contribution in [0.5, 0.6) is 0 Å². The second-order valence-corrected chi connectivity index (χ2v) is 6.52. The van der Waals surface area contributed by atoms with Crippen molar-refractivity contribution in [3.8, 4) is 0 Å². The van der Waals surface area contributed by atoms with Gasteiger partial charge in [-0.15, -0.1) is 11.3 Å². The van der Waals surface area contributed by atoms with Crippen LogP contribution in [-0.2, 0) is 17.8 Å². The van der Waals surface area contributed by atoms with Gasteiger partial charge in [0.2, 0.25) is 5.91 Å². The molecule has 0 aliphatic carbocycles. The molecule has 5 heteroatoms. The van der Waals surface area contributed by atoms with Crippen molar-refractivity contribution >= 4 is 28.7 Å². The van der Waals surface area contributed by atoms with E-state index in [0.717, 1.165) is 19.5 Å². The smallest absolute Gasteiger partial charge is 0.238 e. The van der Waals surface area contributed by atoms with Gasteiger partial charge in [0.1, 0.15) is 0 Å². The van der Waals surface area contributed by atoms with Crippen molar-refractivity contribution in [3.05, 3.63) is 51.7 Å². The molecule has 0 saturated heterocycles. The Labute approximate surface area is 133 Å². The van der Waals surface area contributed by atoms with Gasteiger partial charge in [0.25, 0.3) is 0 Å². The highest BCUT2D eigenvalue weighted by Gasteiger charge is 2.19. The van der Waals surface area contributed by atoms with Gasteiger partial charge in [-0.05, 0) is 42.5 Å². The number of rotatable bonds is 4. The number of thiophene rings is 1. The predicted octanol–water partition coefficient (Wildman–Crippen LogP) is 2.95.